The van der Waals surface area contributed by atoms with Crippen LogP contribution in [0.1, 0.15) is 6.42 Å². The zero-order valence-corrected chi connectivity index (χ0v) is 14.6. The van der Waals surface area contributed by atoms with Crippen molar-refractivity contribution in [3.05, 3.63) is 39.4 Å². The van der Waals surface area contributed by atoms with Gasteiger partial charge in [0, 0.05) is 18.2 Å². The lowest BCUT2D eigenvalue weighted by atomic mass is 10.1. The van der Waals surface area contributed by atoms with Crippen molar-refractivity contribution in [3.63, 3.8) is 0 Å². The number of aromatic nitrogens is 2. The average Bonchev–Trinajstić information content (AvgIpc) is 2.52. The SMILES string of the molecule is COc1ccc(OC)c(-c2cc(=O)[nH]c(=S)n2CCCN)c1.Cl. The summed E-state index contributed by atoms with van der Waals surface area (Å²) in [6.45, 7) is 1.15. The van der Waals surface area contributed by atoms with Crippen LogP contribution in [-0.2, 0) is 6.54 Å². The molecule has 0 unspecified atom stereocenters. The smallest absolute Gasteiger partial charge is 0.252 e. The molecule has 0 aliphatic rings. The van der Waals surface area contributed by atoms with Gasteiger partial charge in [-0.25, -0.2) is 0 Å². The molecule has 6 nitrogen and oxygen atoms in total. The monoisotopic (exact) mass is 357 g/mol. The molecule has 8 heteroatoms. The quantitative estimate of drug-likeness (QED) is 0.775. The highest BCUT2D eigenvalue weighted by molar-refractivity contribution is 7.71. The van der Waals surface area contributed by atoms with Gasteiger partial charge in [-0.1, -0.05) is 0 Å². The van der Waals surface area contributed by atoms with Crippen LogP contribution in [0.15, 0.2) is 29.1 Å². The molecule has 0 amide bonds. The van der Waals surface area contributed by atoms with Gasteiger partial charge in [-0.05, 0) is 43.4 Å². The highest BCUT2D eigenvalue weighted by atomic mass is 35.5. The number of nitrogens with one attached hydrogen (secondary N) is 1. The van der Waals surface area contributed by atoms with Crippen molar-refractivity contribution >= 4 is 24.6 Å². The van der Waals surface area contributed by atoms with E-state index in [1.54, 1.807) is 26.4 Å². The van der Waals surface area contributed by atoms with Crippen molar-refractivity contribution in [1.82, 2.24) is 9.55 Å². The molecule has 0 aliphatic carbocycles. The number of hydrogen-bond donors (Lipinski definition) is 2. The second kappa shape index (κ2) is 8.71. The van der Waals surface area contributed by atoms with E-state index in [2.05, 4.69) is 4.98 Å². The van der Waals surface area contributed by atoms with Crippen LogP contribution in [0.3, 0.4) is 0 Å². The molecule has 1 aromatic carbocycles. The lowest BCUT2D eigenvalue weighted by molar-refractivity contribution is 0.404. The Labute approximate surface area is 145 Å². The molecule has 0 saturated heterocycles. The standard InChI is InChI=1S/C15H19N3O3S.ClH/c1-20-10-4-5-13(21-2)11(8-10)12-9-14(19)17-15(22)18(12)7-3-6-16;/h4-5,8-9H,3,6-7,16H2,1-2H3,(H,17,19,22);1H. The van der Waals surface area contributed by atoms with Gasteiger partial charge in [-0.3, -0.25) is 9.78 Å². The zero-order chi connectivity index (χ0) is 16.1. The molecule has 1 aromatic heterocycles. The van der Waals surface area contributed by atoms with E-state index in [1.807, 2.05) is 10.6 Å². The van der Waals surface area contributed by atoms with Crippen LogP contribution in [0, 0.1) is 4.77 Å². The molecule has 0 aliphatic heterocycles. The van der Waals surface area contributed by atoms with Crippen LogP contribution in [0.4, 0.5) is 0 Å². The van der Waals surface area contributed by atoms with Crippen LogP contribution >= 0.6 is 24.6 Å². The second-order valence-corrected chi connectivity index (χ2v) is 5.07. The highest BCUT2D eigenvalue weighted by Gasteiger charge is 2.13. The Hall–Kier alpha value is -1.83. The molecule has 0 atom stereocenters. The number of ether oxygens (including phenoxy) is 2. The predicted octanol–water partition coefficient (Wildman–Crippen LogP) is 2.36. The lowest BCUT2D eigenvalue weighted by Crippen LogP contribution is -2.16. The Morgan fingerprint density at radius 1 is 1.26 bits per heavy atom. The first-order valence-corrected chi connectivity index (χ1v) is 7.28. The molecular weight excluding hydrogens is 338 g/mol. The molecule has 2 rings (SSSR count). The Balaban J connectivity index is 0.00000264. The maximum absolute atomic E-state index is 11.8. The normalized spacial score (nSPS) is 10.0. The number of rotatable bonds is 6. The fourth-order valence-electron chi connectivity index (χ4n) is 2.23. The summed E-state index contributed by atoms with van der Waals surface area (Å²) in [4.78, 5) is 14.5. The third-order valence-electron chi connectivity index (χ3n) is 3.30. The predicted molar refractivity (Wildman–Crippen MR) is 95.3 cm³/mol. The average molecular weight is 358 g/mol. The minimum Gasteiger partial charge on any atom is -0.497 e. The molecule has 126 valence electrons. The summed E-state index contributed by atoms with van der Waals surface area (Å²) in [5, 5.41) is 0. The molecule has 3 N–H and O–H groups in total. The van der Waals surface area contributed by atoms with Gasteiger partial charge in [0.2, 0.25) is 0 Å². The van der Waals surface area contributed by atoms with Gasteiger partial charge in [-0.15, -0.1) is 12.4 Å². The molecule has 23 heavy (non-hydrogen) atoms. The third-order valence-corrected chi connectivity index (χ3v) is 3.62. The van der Waals surface area contributed by atoms with Crippen molar-refractivity contribution in [2.45, 2.75) is 13.0 Å². The van der Waals surface area contributed by atoms with Gasteiger partial charge in [0.1, 0.15) is 11.5 Å². The number of nitrogens with two attached hydrogens (primary N) is 1. The van der Waals surface area contributed by atoms with Gasteiger partial charge in [-0.2, -0.15) is 0 Å². The van der Waals surface area contributed by atoms with Crippen LogP contribution in [-0.4, -0.2) is 30.3 Å². The number of halogens is 1. The number of H-pyrrole nitrogens is 1. The molecular formula is C15H20ClN3O3S. The molecule has 0 bridgehead atoms. The molecule has 0 radical (unpaired) electrons. The van der Waals surface area contributed by atoms with Crippen LogP contribution in [0.2, 0.25) is 0 Å². The first-order valence-electron chi connectivity index (χ1n) is 6.87. The minimum absolute atomic E-state index is 0. The fraction of sp³-hybridized carbons (Fsp3) is 0.333. The summed E-state index contributed by atoms with van der Waals surface area (Å²) in [6, 6.07) is 6.92. The largest absolute Gasteiger partial charge is 0.497 e. The van der Waals surface area contributed by atoms with Crippen molar-refractivity contribution in [2.24, 2.45) is 5.73 Å². The summed E-state index contributed by atoms with van der Waals surface area (Å²) in [6.07, 6.45) is 0.750. The highest BCUT2D eigenvalue weighted by Crippen LogP contribution is 2.32. The summed E-state index contributed by atoms with van der Waals surface area (Å²) < 4.78 is 12.9. The maximum Gasteiger partial charge on any atom is 0.252 e. The van der Waals surface area contributed by atoms with E-state index in [0.29, 0.717) is 35.1 Å². The number of benzene rings is 1. The number of nitrogens with zero attached hydrogens (tertiary/aromatic N) is 1. The number of aromatic amines is 1. The first-order chi connectivity index (χ1) is 10.6. The van der Waals surface area contributed by atoms with E-state index >= 15 is 0 Å². The molecule has 0 fully saturated rings. The summed E-state index contributed by atoms with van der Waals surface area (Å²) in [5.74, 6) is 1.31. The number of methoxy groups -OCH3 is 2. The van der Waals surface area contributed by atoms with Crippen molar-refractivity contribution in [1.29, 1.82) is 0 Å². The topological polar surface area (TPSA) is 82.3 Å². The molecule has 0 saturated carbocycles. The van der Waals surface area contributed by atoms with Gasteiger partial charge >= 0.3 is 0 Å². The zero-order valence-electron chi connectivity index (χ0n) is 13.0. The number of hydrogen-bond acceptors (Lipinski definition) is 5. The van der Waals surface area contributed by atoms with E-state index in [-0.39, 0.29) is 18.0 Å². The molecule has 0 spiro atoms. The van der Waals surface area contributed by atoms with Crippen molar-refractivity contribution < 1.29 is 9.47 Å². The van der Waals surface area contributed by atoms with Crippen LogP contribution in [0.5, 0.6) is 11.5 Å². The Bertz CT molecular complexity index is 773. The summed E-state index contributed by atoms with van der Waals surface area (Å²) in [5.41, 5.74) is 6.75. The summed E-state index contributed by atoms with van der Waals surface area (Å²) >= 11 is 5.28. The van der Waals surface area contributed by atoms with Gasteiger partial charge < -0.3 is 19.8 Å². The van der Waals surface area contributed by atoms with E-state index in [0.717, 1.165) is 12.0 Å². The van der Waals surface area contributed by atoms with E-state index in [4.69, 9.17) is 27.4 Å². The Morgan fingerprint density at radius 2 is 2.00 bits per heavy atom. The van der Waals surface area contributed by atoms with Gasteiger partial charge in [0.05, 0.1) is 19.9 Å². The van der Waals surface area contributed by atoms with E-state index in [1.165, 1.54) is 6.07 Å². The first kappa shape index (κ1) is 19.2. The van der Waals surface area contributed by atoms with Crippen molar-refractivity contribution in [3.8, 4) is 22.8 Å². The van der Waals surface area contributed by atoms with Crippen LogP contribution < -0.4 is 20.8 Å². The summed E-state index contributed by atoms with van der Waals surface area (Å²) in [7, 11) is 3.17. The Morgan fingerprint density at radius 3 is 2.61 bits per heavy atom. The second-order valence-electron chi connectivity index (χ2n) is 4.68. The van der Waals surface area contributed by atoms with E-state index in [9.17, 15) is 4.79 Å². The Kier molecular flexibility index (Phi) is 7.28. The maximum atomic E-state index is 11.8. The lowest BCUT2D eigenvalue weighted by Gasteiger charge is -2.16. The fourth-order valence-corrected chi connectivity index (χ4v) is 2.52. The van der Waals surface area contributed by atoms with Crippen molar-refractivity contribution in [2.75, 3.05) is 20.8 Å². The van der Waals surface area contributed by atoms with E-state index < -0.39 is 0 Å². The minimum atomic E-state index is -0.256. The molecule has 1 heterocycles. The van der Waals surface area contributed by atoms with Gasteiger partial charge in [0.25, 0.3) is 5.56 Å². The third kappa shape index (κ3) is 4.34. The molecule has 2 aromatic rings. The van der Waals surface area contributed by atoms with Crippen LogP contribution in [0.25, 0.3) is 11.3 Å². The van der Waals surface area contributed by atoms with Gasteiger partial charge in [0.15, 0.2) is 4.77 Å².